The van der Waals surface area contributed by atoms with Crippen LogP contribution in [0.4, 0.5) is 0 Å². The molecule has 1 rings (SSSR count). The van der Waals surface area contributed by atoms with Crippen molar-refractivity contribution >= 4 is 11.9 Å². The summed E-state index contributed by atoms with van der Waals surface area (Å²) in [5.41, 5.74) is 0. The summed E-state index contributed by atoms with van der Waals surface area (Å²) in [5.74, 6) is 1.07. The van der Waals surface area contributed by atoms with Crippen LogP contribution in [0.25, 0.3) is 0 Å². The SMILES string of the molecule is CN=C(NC)N1CCCN(C(C)=O)CC1. The van der Waals surface area contributed by atoms with E-state index in [1.54, 1.807) is 14.0 Å². The van der Waals surface area contributed by atoms with Crippen molar-refractivity contribution in [2.45, 2.75) is 13.3 Å². The van der Waals surface area contributed by atoms with E-state index in [1.807, 2.05) is 11.9 Å². The highest BCUT2D eigenvalue weighted by atomic mass is 16.2. The molecular weight excluding hydrogens is 192 g/mol. The van der Waals surface area contributed by atoms with E-state index in [-0.39, 0.29) is 5.91 Å². The summed E-state index contributed by atoms with van der Waals surface area (Å²) >= 11 is 0. The summed E-state index contributed by atoms with van der Waals surface area (Å²) in [6.07, 6.45) is 1.00. The molecule has 0 unspecified atom stereocenters. The Kier molecular flexibility index (Phi) is 4.39. The van der Waals surface area contributed by atoms with Gasteiger partial charge in [-0.25, -0.2) is 0 Å². The Morgan fingerprint density at radius 2 is 1.80 bits per heavy atom. The fraction of sp³-hybridized carbons (Fsp3) is 0.800. The highest BCUT2D eigenvalue weighted by molar-refractivity contribution is 5.79. The maximum Gasteiger partial charge on any atom is 0.219 e. The van der Waals surface area contributed by atoms with Crippen molar-refractivity contribution in [3.05, 3.63) is 0 Å². The molecule has 1 saturated heterocycles. The van der Waals surface area contributed by atoms with E-state index >= 15 is 0 Å². The number of hydrogen-bond acceptors (Lipinski definition) is 2. The van der Waals surface area contributed by atoms with Gasteiger partial charge in [0.2, 0.25) is 5.91 Å². The van der Waals surface area contributed by atoms with E-state index in [0.29, 0.717) is 0 Å². The number of hydrogen-bond donors (Lipinski definition) is 1. The molecule has 1 aliphatic rings. The summed E-state index contributed by atoms with van der Waals surface area (Å²) in [4.78, 5) is 19.5. The summed E-state index contributed by atoms with van der Waals surface area (Å²) in [5, 5.41) is 3.07. The zero-order valence-corrected chi connectivity index (χ0v) is 9.79. The predicted octanol–water partition coefficient (Wildman–Crippen LogP) is -0.254. The van der Waals surface area contributed by atoms with Gasteiger partial charge in [-0.05, 0) is 6.42 Å². The van der Waals surface area contributed by atoms with Crippen LogP contribution in [0.15, 0.2) is 4.99 Å². The molecule has 0 aliphatic carbocycles. The van der Waals surface area contributed by atoms with Crippen LogP contribution in [0.1, 0.15) is 13.3 Å². The highest BCUT2D eigenvalue weighted by Gasteiger charge is 2.17. The van der Waals surface area contributed by atoms with Gasteiger partial charge in [0.1, 0.15) is 0 Å². The van der Waals surface area contributed by atoms with Gasteiger partial charge in [0.25, 0.3) is 0 Å². The van der Waals surface area contributed by atoms with Gasteiger partial charge in [-0.2, -0.15) is 0 Å². The van der Waals surface area contributed by atoms with Gasteiger partial charge < -0.3 is 15.1 Å². The molecule has 0 spiro atoms. The smallest absolute Gasteiger partial charge is 0.219 e. The lowest BCUT2D eigenvalue weighted by atomic mass is 10.4. The Bertz CT molecular complexity index is 252. The Balaban J connectivity index is 2.56. The lowest BCUT2D eigenvalue weighted by molar-refractivity contribution is -0.128. The first-order chi connectivity index (χ1) is 7.19. The molecule has 0 aromatic rings. The average molecular weight is 212 g/mol. The van der Waals surface area contributed by atoms with Gasteiger partial charge in [0.15, 0.2) is 5.96 Å². The Hall–Kier alpha value is -1.26. The van der Waals surface area contributed by atoms with Crippen molar-refractivity contribution in [1.82, 2.24) is 15.1 Å². The molecular formula is C10H20N4O. The highest BCUT2D eigenvalue weighted by Crippen LogP contribution is 2.03. The molecule has 5 nitrogen and oxygen atoms in total. The first-order valence-corrected chi connectivity index (χ1v) is 5.34. The summed E-state index contributed by atoms with van der Waals surface area (Å²) < 4.78 is 0. The van der Waals surface area contributed by atoms with Crippen molar-refractivity contribution < 1.29 is 4.79 Å². The van der Waals surface area contributed by atoms with E-state index in [2.05, 4.69) is 15.2 Å². The molecule has 0 bridgehead atoms. The molecule has 0 aromatic carbocycles. The second-order valence-corrected chi connectivity index (χ2v) is 3.64. The molecule has 0 aromatic heterocycles. The van der Waals surface area contributed by atoms with E-state index < -0.39 is 0 Å². The third-order valence-corrected chi connectivity index (χ3v) is 2.68. The second kappa shape index (κ2) is 5.58. The largest absolute Gasteiger partial charge is 0.359 e. The molecule has 1 amide bonds. The van der Waals surface area contributed by atoms with E-state index in [9.17, 15) is 4.79 Å². The zero-order valence-electron chi connectivity index (χ0n) is 9.79. The summed E-state index contributed by atoms with van der Waals surface area (Å²) in [7, 11) is 3.65. The molecule has 0 atom stereocenters. The molecule has 0 radical (unpaired) electrons. The Morgan fingerprint density at radius 1 is 1.20 bits per heavy atom. The van der Waals surface area contributed by atoms with Crippen molar-refractivity contribution in [3.63, 3.8) is 0 Å². The third-order valence-electron chi connectivity index (χ3n) is 2.68. The standard InChI is InChI=1S/C10H20N4O/c1-9(15)13-5-4-6-14(8-7-13)10(11-2)12-3/h4-8H2,1-3H3,(H,11,12). The minimum absolute atomic E-state index is 0.163. The summed E-state index contributed by atoms with van der Waals surface area (Å²) in [6.45, 7) is 5.08. The van der Waals surface area contributed by atoms with E-state index in [0.717, 1.165) is 38.6 Å². The molecule has 1 heterocycles. The lowest BCUT2D eigenvalue weighted by Gasteiger charge is -2.23. The third kappa shape index (κ3) is 3.11. The van der Waals surface area contributed by atoms with Crippen LogP contribution in [0, 0.1) is 0 Å². The molecule has 86 valence electrons. The predicted molar refractivity (Wildman–Crippen MR) is 60.9 cm³/mol. The van der Waals surface area contributed by atoms with Crippen molar-refractivity contribution in [2.75, 3.05) is 40.3 Å². The minimum atomic E-state index is 0.163. The maximum absolute atomic E-state index is 11.2. The van der Waals surface area contributed by atoms with Crippen molar-refractivity contribution in [1.29, 1.82) is 0 Å². The number of nitrogens with zero attached hydrogens (tertiary/aromatic N) is 3. The lowest BCUT2D eigenvalue weighted by Crippen LogP contribution is -2.42. The monoisotopic (exact) mass is 212 g/mol. The minimum Gasteiger partial charge on any atom is -0.359 e. The number of carbonyl (C=O) groups is 1. The first-order valence-electron chi connectivity index (χ1n) is 5.34. The van der Waals surface area contributed by atoms with Gasteiger partial charge >= 0.3 is 0 Å². The van der Waals surface area contributed by atoms with Crippen LogP contribution in [0.2, 0.25) is 0 Å². The van der Waals surface area contributed by atoms with Gasteiger partial charge in [0.05, 0.1) is 0 Å². The number of amides is 1. The Labute approximate surface area is 91.1 Å². The average Bonchev–Trinajstić information content (AvgIpc) is 2.45. The fourth-order valence-electron chi connectivity index (χ4n) is 1.86. The van der Waals surface area contributed by atoms with Crippen molar-refractivity contribution in [2.24, 2.45) is 4.99 Å². The van der Waals surface area contributed by atoms with Gasteiger partial charge in [-0.1, -0.05) is 0 Å². The molecule has 1 N–H and O–H groups in total. The normalized spacial score (nSPS) is 18.7. The van der Waals surface area contributed by atoms with Crippen LogP contribution in [0.3, 0.4) is 0 Å². The van der Waals surface area contributed by atoms with Crippen molar-refractivity contribution in [3.8, 4) is 0 Å². The number of carbonyl (C=O) groups excluding carboxylic acids is 1. The molecule has 1 aliphatic heterocycles. The van der Waals surface area contributed by atoms with Gasteiger partial charge in [-0.3, -0.25) is 9.79 Å². The fourth-order valence-corrected chi connectivity index (χ4v) is 1.86. The van der Waals surface area contributed by atoms with Crippen LogP contribution in [-0.4, -0.2) is 61.9 Å². The number of aliphatic imine (C=N–C) groups is 1. The molecule has 0 saturated carbocycles. The van der Waals surface area contributed by atoms with Crippen LogP contribution < -0.4 is 5.32 Å². The second-order valence-electron chi connectivity index (χ2n) is 3.64. The zero-order chi connectivity index (χ0) is 11.3. The molecule has 5 heteroatoms. The quantitative estimate of drug-likeness (QED) is 0.445. The maximum atomic E-state index is 11.2. The number of nitrogens with one attached hydrogen (secondary N) is 1. The van der Waals surface area contributed by atoms with Crippen LogP contribution in [-0.2, 0) is 4.79 Å². The molecule has 15 heavy (non-hydrogen) atoms. The number of rotatable bonds is 0. The topological polar surface area (TPSA) is 47.9 Å². The van der Waals surface area contributed by atoms with Gasteiger partial charge in [-0.15, -0.1) is 0 Å². The first kappa shape index (κ1) is 11.8. The van der Waals surface area contributed by atoms with Gasteiger partial charge in [0, 0.05) is 47.2 Å². The van der Waals surface area contributed by atoms with E-state index in [1.165, 1.54) is 0 Å². The Morgan fingerprint density at radius 3 is 2.33 bits per heavy atom. The number of guanidine groups is 1. The molecule has 1 fully saturated rings. The summed E-state index contributed by atoms with van der Waals surface area (Å²) in [6, 6.07) is 0. The van der Waals surface area contributed by atoms with Crippen LogP contribution >= 0.6 is 0 Å². The van der Waals surface area contributed by atoms with E-state index in [4.69, 9.17) is 0 Å². The van der Waals surface area contributed by atoms with Crippen LogP contribution in [0.5, 0.6) is 0 Å².